The molecule has 1 aliphatic heterocycles. The van der Waals surface area contributed by atoms with Gasteiger partial charge >= 0.3 is 0 Å². The molecule has 0 radical (unpaired) electrons. The normalized spacial score (nSPS) is 22.5. The van der Waals surface area contributed by atoms with Gasteiger partial charge in [-0.2, -0.15) is 0 Å². The Hall–Kier alpha value is -2.01. The second kappa shape index (κ2) is 9.66. The van der Waals surface area contributed by atoms with E-state index in [1.54, 1.807) is 0 Å². The minimum atomic E-state index is -0.420. The summed E-state index contributed by atoms with van der Waals surface area (Å²) in [7, 11) is 0. The van der Waals surface area contributed by atoms with Crippen molar-refractivity contribution in [1.29, 1.82) is 0 Å². The van der Waals surface area contributed by atoms with Crippen LogP contribution in [-0.2, 0) is 6.42 Å². The second-order valence-electron chi connectivity index (χ2n) is 8.58. The van der Waals surface area contributed by atoms with Crippen LogP contribution in [0.2, 0.25) is 0 Å². The Morgan fingerprint density at radius 3 is 2.45 bits per heavy atom. The number of aliphatic hydroxyl groups excluding tert-OH is 1. The molecule has 4 nitrogen and oxygen atoms in total. The van der Waals surface area contributed by atoms with Gasteiger partial charge in [-0.3, -0.25) is 4.79 Å². The molecule has 0 spiro atoms. The number of carbonyl (C=O) groups is 1. The SMILES string of the molecule is O=C(CO)c1ccc(CCN2CCC(CNC3CC3c3ccccc3)CC2)cc1. The van der Waals surface area contributed by atoms with E-state index in [1.165, 1.54) is 43.5 Å². The predicted molar refractivity (Wildman–Crippen MR) is 116 cm³/mol. The van der Waals surface area contributed by atoms with Gasteiger partial charge in [0.2, 0.25) is 0 Å². The van der Waals surface area contributed by atoms with Crippen LogP contribution in [0.3, 0.4) is 0 Å². The number of hydrogen-bond acceptors (Lipinski definition) is 4. The molecule has 2 aliphatic rings. The molecule has 2 fully saturated rings. The number of likely N-dealkylation sites (tertiary alicyclic amines) is 1. The molecule has 0 amide bonds. The molecule has 4 heteroatoms. The number of rotatable bonds is 9. The summed E-state index contributed by atoms with van der Waals surface area (Å²) >= 11 is 0. The van der Waals surface area contributed by atoms with Gasteiger partial charge in [0.15, 0.2) is 5.78 Å². The van der Waals surface area contributed by atoms with Gasteiger partial charge in [0, 0.05) is 24.1 Å². The summed E-state index contributed by atoms with van der Waals surface area (Å²) in [5.41, 5.74) is 3.33. The van der Waals surface area contributed by atoms with Crippen LogP contribution in [0.4, 0.5) is 0 Å². The number of benzene rings is 2. The van der Waals surface area contributed by atoms with Gasteiger partial charge in [0.05, 0.1) is 0 Å². The summed E-state index contributed by atoms with van der Waals surface area (Å²) in [6, 6.07) is 19.2. The Labute approximate surface area is 173 Å². The minimum absolute atomic E-state index is 0.214. The Morgan fingerprint density at radius 2 is 1.76 bits per heavy atom. The Bertz CT molecular complexity index is 782. The van der Waals surface area contributed by atoms with Crippen molar-refractivity contribution in [3.63, 3.8) is 0 Å². The quantitative estimate of drug-likeness (QED) is 0.643. The zero-order valence-corrected chi connectivity index (χ0v) is 17.1. The molecule has 1 saturated carbocycles. The molecule has 1 saturated heterocycles. The Balaban J connectivity index is 1.13. The third-order valence-electron chi connectivity index (χ3n) is 6.53. The average Bonchev–Trinajstić information content (AvgIpc) is 3.57. The van der Waals surface area contributed by atoms with Gasteiger partial charge in [0.25, 0.3) is 0 Å². The summed E-state index contributed by atoms with van der Waals surface area (Å²) < 4.78 is 0. The van der Waals surface area contributed by atoms with Crippen molar-refractivity contribution >= 4 is 5.78 Å². The van der Waals surface area contributed by atoms with Crippen molar-refractivity contribution in [3.05, 3.63) is 71.3 Å². The number of hydrogen-bond donors (Lipinski definition) is 2. The van der Waals surface area contributed by atoms with Crippen LogP contribution in [-0.4, -0.2) is 54.6 Å². The van der Waals surface area contributed by atoms with E-state index in [0.29, 0.717) is 11.6 Å². The second-order valence-corrected chi connectivity index (χ2v) is 8.58. The van der Waals surface area contributed by atoms with Crippen molar-refractivity contribution in [2.45, 2.75) is 37.6 Å². The lowest BCUT2D eigenvalue weighted by Gasteiger charge is -2.32. The lowest BCUT2D eigenvalue weighted by atomic mass is 9.96. The topological polar surface area (TPSA) is 52.6 Å². The third kappa shape index (κ3) is 5.53. The molecule has 0 bridgehead atoms. The molecule has 4 rings (SSSR count). The molecular weight excluding hydrogens is 360 g/mol. The summed E-state index contributed by atoms with van der Waals surface area (Å²) in [5.74, 6) is 1.30. The monoisotopic (exact) mass is 392 g/mol. The zero-order valence-electron chi connectivity index (χ0n) is 17.1. The number of ketones is 1. The number of nitrogens with zero attached hydrogens (tertiary/aromatic N) is 1. The van der Waals surface area contributed by atoms with E-state index in [2.05, 4.69) is 40.5 Å². The van der Waals surface area contributed by atoms with E-state index in [-0.39, 0.29) is 5.78 Å². The highest BCUT2D eigenvalue weighted by Gasteiger charge is 2.38. The van der Waals surface area contributed by atoms with Gasteiger partial charge in [-0.25, -0.2) is 0 Å². The molecule has 29 heavy (non-hydrogen) atoms. The molecule has 0 aromatic heterocycles. The maximum absolute atomic E-state index is 11.5. The van der Waals surface area contributed by atoms with Gasteiger partial charge in [0.1, 0.15) is 6.61 Å². The first-order valence-corrected chi connectivity index (χ1v) is 11.0. The maximum atomic E-state index is 11.5. The van der Waals surface area contributed by atoms with E-state index >= 15 is 0 Å². The van der Waals surface area contributed by atoms with Crippen LogP contribution < -0.4 is 5.32 Å². The van der Waals surface area contributed by atoms with Crippen molar-refractivity contribution in [1.82, 2.24) is 10.2 Å². The summed E-state index contributed by atoms with van der Waals surface area (Å²) in [5, 5.41) is 12.7. The smallest absolute Gasteiger partial charge is 0.188 e. The van der Waals surface area contributed by atoms with Crippen LogP contribution in [0.1, 0.15) is 46.7 Å². The van der Waals surface area contributed by atoms with E-state index in [0.717, 1.165) is 31.3 Å². The number of aliphatic hydroxyl groups is 1. The fourth-order valence-corrected chi connectivity index (χ4v) is 4.46. The van der Waals surface area contributed by atoms with E-state index in [1.807, 2.05) is 24.3 Å². The fraction of sp³-hybridized carbons (Fsp3) is 0.480. The molecular formula is C25H32N2O2. The zero-order chi connectivity index (χ0) is 20.1. The summed E-state index contributed by atoms with van der Waals surface area (Å²) in [6.45, 7) is 4.17. The van der Waals surface area contributed by atoms with Gasteiger partial charge in [-0.1, -0.05) is 54.6 Å². The standard InChI is InChI=1S/C25H32N2O2/c28-18-25(29)22-8-6-19(7-9-22)10-13-27-14-11-20(12-15-27)17-26-24-16-23(24)21-4-2-1-3-5-21/h1-9,20,23-24,26,28H,10-18H2. The van der Waals surface area contributed by atoms with Crippen molar-refractivity contribution in [2.24, 2.45) is 5.92 Å². The van der Waals surface area contributed by atoms with Crippen molar-refractivity contribution < 1.29 is 9.90 Å². The lowest BCUT2D eigenvalue weighted by molar-refractivity contribution is 0.0903. The molecule has 2 aromatic rings. The molecule has 2 aromatic carbocycles. The van der Waals surface area contributed by atoms with Crippen molar-refractivity contribution in [3.8, 4) is 0 Å². The Morgan fingerprint density at radius 1 is 1.03 bits per heavy atom. The highest BCUT2D eigenvalue weighted by molar-refractivity contribution is 5.96. The lowest BCUT2D eigenvalue weighted by Crippen LogP contribution is -2.38. The molecule has 2 N–H and O–H groups in total. The minimum Gasteiger partial charge on any atom is -0.388 e. The third-order valence-corrected chi connectivity index (χ3v) is 6.53. The van der Waals surface area contributed by atoms with Crippen LogP contribution in [0.15, 0.2) is 54.6 Å². The molecule has 1 heterocycles. The van der Waals surface area contributed by atoms with E-state index < -0.39 is 6.61 Å². The largest absolute Gasteiger partial charge is 0.388 e. The number of Topliss-reactive ketones (excluding diaryl/α,β-unsaturated/α-hetero) is 1. The van der Waals surface area contributed by atoms with Gasteiger partial charge < -0.3 is 15.3 Å². The number of nitrogens with one attached hydrogen (secondary N) is 1. The summed E-state index contributed by atoms with van der Waals surface area (Å²) in [4.78, 5) is 14.0. The van der Waals surface area contributed by atoms with Crippen LogP contribution in [0.5, 0.6) is 0 Å². The molecule has 154 valence electrons. The first-order chi connectivity index (χ1) is 14.2. The number of piperidine rings is 1. The number of carbonyl (C=O) groups excluding carboxylic acids is 1. The fourth-order valence-electron chi connectivity index (χ4n) is 4.46. The highest BCUT2D eigenvalue weighted by Crippen LogP contribution is 2.40. The summed E-state index contributed by atoms with van der Waals surface area (Å²) in [6.07, 6.45) is 4.85. The van der Waals surface area contributed by atoms with E-state index in [4.69, 9.17) is 5.11 Å². The van der Waals surface area contributed by atoms with Crippen molar-refractivity contribution in [2.75, 3.05) is 32.8 Å². The predicted octanol–water partition coefficient (Wildman–Crippen LogP) is 3.26. The maximum Gasteiger partial charge on any atom is 0.188 e. The molecule has 1 aliphatic carbocycles. The van der Waals surface area contributed by atoms with Crippen LogP contribution >= 0.6 is 0 Å². The first-order valence-electron chi connectivity index (χ1n) is 11.0. The van der Waals surface area contributed by atoms with Gasteiger partial charge in [-0.15, -0.1) is 0 Å². The molecule has 2 unspecified atom stereocenters. The van der Waals surface area contributed by atoms with E-state index in [9.17, 15) is 4.79 Å². The highest BCUT2D eigenvalue weighted by atomic mass is 16.3. The first kappa shape index (κ1) is 20.3. The Kier molecular flexibility index (Phi) is 6.75. The van der Waals surface area contributed by atoms with Gasteiger partial charge in [-0.05, 0) is 62.4 Å². The van der Waals surface area contributed by atoms with Crippen LogP contribution in [0.25, 0.3) is 0 Å². The van der Waals surface area contributed by atoms with Crippen LogP contribution in [0, 0.1) is 5.92 Å². The molecule has 2 atom stereocenters. The average molecular weight is 393 g/mol.